The smallest absolute Gasteiger partial charge is 0.191 e. The van der Waals surface area contributed by atoms with Crippen LogP contribution < -0.4 is 20.3 Å². The van der Waals surface area contributed by atoms with Gasteiger partial charge in [0.05, 0.1) is 19.4 Å². The van der Waals surface area contributed by atoms with Gasteiger partial charge in [0.25, 0.3) is 0 Å². The third-order valence-electron chi connectivity index (χ3n) is 5.77. The first kappa shape index (κ1) is 20.7. The highest BCUT2D eigenvalue weighted by molar-refractivity contribution is 5.80. The van der Waals surface area contributed by atoms with Crippen LogP contribution in [-0.2, 0) is 4.74 Å². The molecule has 28 heavy (non-hydrogen) atoms. The van der Waals surface area contributed by atoms with Crippen LogP contribution in [0.15, 0.2) is 29.3 Å². The molecule has 0 aromatic heterocycles. The highest BCUT2D eigenvalue weighted by Crippen LogP contribution is 2.30. The van der Waals surface area contributed by atoms with E-state index in [1.54, 1.807) is 14.2 Å². The van der Waals surface area contributed by atoms with Gasteiger partial charge in [0.15, 0.2) is 5.96 Å². The Bertz CT molecular complexity index is 639. The Morgan fingerprint density at radius 2 is 2.07 bits per heavy atom. The molecule has 1 aromatic carbocycles. The Morgan fingerprint density at radius 3 is 2.86 bits per heavy atom. The number of aliphatic imine (C=N–C) groups is 1. The molecule has 2 aliphatic heterocycles. The van der Waals surface area contributed by atoms with Gasteiger partial charge in [-0.25, -0.2) is 0 Å². The maximum atomic E-state index is 5.52. The number of hydrogen-bond donors (Lipinski definition) is 2. The summed E-state index contributed by atoms with van der Waals surface area (Å²) in [5, 5.41) is 7.13. The Balaban J connectivity index is 1.48. The standard InChI is InChI=1S/C21H35N5O2/c1-22-21(23-15-18-7-6-11-25(18)13-14-27-2)24-17-10-12-26(16-17)19-8-4-5-9-20(19)28-3/h4-5,8-9,17-18H,6-7,10-16H2,1-3H3,(H2,22,23,24). The summed E-state index contributed by atoms with van der Waals surface area (Å²) >= 11 is 0. The van der Waals surface area contributed by atoms with Crippen molar-refractivity contribution in [3.05, 3.63) is 24.3 Å². The van der Waals surface area contributed by atoms with E-state index in [2.05, 4.69) is 37.6 Å². The van der Waals surface area contributed by atoms with Crippen molar-refractivity contribution in [1.82, 2.24) is 15.5 Å². The predicted molar refractivity (Wildman–Crippen MR) is 115 cm³/mol. The van der Waals surface area contributed by atoms with Gasteiger partial charge in [-0.15, -0.1) is 0 Å². The third kappa shape index (κ3) is 5.29. The molecule has 2 saturated heterocycles. The largest absolute Gasteiger partial charge is 0.495 e. The lowest BCUT2D eigenvalue weighted by Gasteiger charge is -2.26. The van der Waals surface area contributed by atoms with E-state index in [4.69, 9.17) is 9.47 Å². The van der Waals surface area contributed by atoms with E-state index in [-0.39, 0.29) is 0 Å². The van der Waals surface area contributed by atoms with Crippen LogP contribution >= 0.6 is 0 Å². The lowest BCUT2D eigenvalue weighted by Crippen LogP contribution is -2.48. The molecule has 2 N–H and O–H groups in total. The number of methoxy groups -OCH3 is 2. The number of guanidine groups is 1. The van der Waals surface area contributed by atoms with Gasteiger partial charge in [0.2, 0.25) is 0 Å². The fourth-order valence-corrected chi connectivity index (χ4v) is 4.22. The van der Waals surface area contributed by atoms with Crippen LogP contribution in [0.1, 0.15) is 19.3 Å². The van der Waals surface area contributed by atoms with Crippen molar-refractivity contribution in [2.45, 2.75) is 31.3 Å². The minimum Gasteiger partial charge on any atom is -0.495 e. The average molecular weight is 390 g/mol. The number of nitrogens with one attached hydrogen (secondary N) is 2. The molecule has 0 spiro atoms. The van der Waals surface area contributed by atoms with Gasteiger partial charge in [0.1, 0.15) is 5.75 Å². The molecule has 2 unspecified atom stereocenters. The molecule has 0 radical (unpaired) electrons. The molecule has 0 bridgehead atoms. The number of likely N-dealkylation sites (tertiary alicyclic amines) is 1. The summed E-state index contributed by atoms with van der Waals surface area (Å²) in [4.78, 5) is 9.34. The molecule has 156 valence electrons. The van der Waals surface area contributed by atoms with Crippen LogP contribution in [-0.4, -0.2) is 83.5 Å². The Morgan fingerprint density at radius 1 is 1.21 bits per heavy atom. The van der Waals surface area contributed by atoms with Crippen molar-refractivity contribution >= 4 is 11.6 Å². The summed E-state index contributed by atoms with van der Waals surface area (Å²) in [7, 11) is 5.35. The molecular weight excluding hydrogens is 354 g/mol. The summed E-state index contributed by atoms with van der Waals surface area (Å²) in [6.45, 7) is 5.85. The van der Waals surface area contributed by atoms with Crippen molar-refractivity contribution in [3.8, 4) is 5.75 Å². The van der Waals surface area contributed by atoms with E-state index < -0.39 is 0 Å². The van der Waals surface area contributed by atoms with Crippen molar-refractivity contribution in [2.75, 3.05) is 65.5 Å². The first-order valence-corrected chi connectivity index (χ1v) is 10.3. The average Bonchev–Trinajstić information content (AvgIpc) is 3.38. The molecule has 2 heterocycles. The van der Waals surface area contributed by atoms with Gasteiger partial charge in [-0.2, -0.15) is 0 Å². The fourth-order valence-electron chi connectivity index (χ4n) is 4.22. The van der Waals surface area contributed by atoms with Crippen molar-refractivity contribution in [3.63, 3.8) is 0 Å². The van der Waals surface area contributed by atoms with Crippen molar-refractivity contribution in [2.24, 2.45) is 4.99 Å². The van der Waals surface area contributed by atoms with Crippen LogP contribution in [0.5, 0.6) is 5.75 Å². The number of para-hydroxylation sites is 2. The van der Waals surface area contributed by atoms with Crippen molar-refractivity contribution in [1.29, 1.82) is 0 Å². The second-order valence-electron chi connectivity index (χ2n) is 7.53. The van der Waals surface area contributed by atoms with Gasteiger partial charge < -0.3 is 25.0 Å². The monoisotopic (exact) mass is 389 g/mol. The highest BCUT2D eigenvalue weighted by atomic mass is 16.5. The van der Waals surface area contributed by atoms with E-state index in [1.165, 1.54) is 12.8 Å². The van der Waals surface area contributed by atoms with Crippen molar-refractivity contribution < 1.29 is 9.47 Å². The number of hydrogen-bond acceptors (Lipinski definition) is 5. The normalized spacial score (nSPS) is 23.2. The number of rotatable bonds is 8. The Kier molecular flexibility index (Phi) is 7.80. The molecule has 2 aliphatic rings. The lowest BCUT2D eigenvalue weighted by molar-refractivity contribution is 0.141. The van der Waals surface area contributed by atoms with E-state index >= 15 is 0 Å². The topological polar surface area (TPSA) is 61.4 Å². The first-order chi connectivity index (χ1) is 13.7. The molecule has 2 atom stereocenters. The van der Waals surface area contributed by atoms with Crippen LogP contribution in [0.4, 0.5) is 5.69 Å². The summed E-state index contributed by atoms with van der Waals surface area (Å²) in [6.07, 6.45) is 3.58. The minimum absolute atomic E-state index is 0.379. The number of benzene rings is 1. The molecule has 1 aromatic rings. The van der Waals surface area contributed by atoms with E-state index in [0.717, 1.165) is 63.1 Å². The van der Waals surface area contributed by atoms with Crippen LogP contribution in [0.2, 0.25) is 0 Å². The molecule has 0 amide bonds. The summed E-state index contributed by atoms with van der Waals surface area (Å²) in [5.74, 6) is 1.83. The number of nitrogens with zero attached hydrogens (tertiary/aromatic N) is 3. The quantitative estimate of drug-likeness (QED) is 0.520. The maximum absolute atomic E-state index is 5.52. The zero-order valence-corrected chi connectivity index (χ0v) is 17.5. The minimum atomic E-state index is 0.379. The molecule has 3 rings (SSSR count). The molecule has 0 aliphatic carbocycles. The zero-order chi connectivity index (χ0) is 19.8. The maximum Gasteiger partial charge on any atom is 0.191 e. The molecular formula is C21H35N5O2. The summed E-state index contributed by atoms with van der Waals surface area (Å²) in [5.41, 5.74) is 1.16. The Labute approximate surface area is 169 Å². The number of anilines is 1. The third-order valence-corrected chi connectivity index (χ3v) is 5.77. The van der Waals surface area contributed by atoms with Gasteiger partial charge >= 0.3 is 0 Å². The van der Waals surface area contributed by atoms with Crippen LogP contribution in [0, 0.1) is 0 Å². The second-order valence-corrected chi connectivity index (χ2v) is 7.53. The van der Waals surface area contributed by atoms with E-state index in [9.17, 15) is 0 Å². The summed E-state index contributed by atoms with van der Waals surface area (Å²) in [6, 6.07) is 9.16. The molecule has 0 saturated carbocycles. The highest BCUT2D eigenvalue weighted by Gasteiger charge is 2.27. The van der Waals surface area contributed by atoms with Gasteiger partial charge in [0, 0.05) is 52.4 Å². The zero-order valence-electron chi connectivity index (χ0n) is 17.5. The van der Waals surface area contributed by atoms with Gasteiger partial charge in [-0.05, 0) is 37.9 Å². The second kappa shape index (κ2) is 10.5. The predicted octanol–water partition coefficient (Wildman–Crippen LogP) is 1.55. The summed E-state index contributed by atoms with van der Waals surface area (Å²) < 4.78 is 10.8. The van der Waals surface area contributed by atoms with E-state index in [1.807, 2.05) is 19.2 Å². The Hall–Kier alpha value is -1.99. The van der Waals surface area contributed by atoms with Crippen LogP contribution in [0.3, 0.4) is 0 Å². The molecule has 2 fully saturated rings. The fraction of sp³-hybridized carbons (Fsp3) is 0.667. The lowest BCUT2D eigenvalue weighted by atomic mass is 10.2. The van der Waals surface area contributed by atoms with E-state index in [0.29, 0.717) is 12.1 Å². The van der Waals surface area contributed by atoms with Crippen LogP contribution in [0.25, 0.3) is 0 Å². The number of ether oxygens (including phenoxy) is 2. The first-order valence-electron chi connectivity index (χ1n) is 10.3. The SMILES string of the molecule is CN=C(NCC1CCCN1CCOC)NC1CCN(c2ccccc2OC)C1. The van der Waals surface area contributed by atoms with Gasteiger partial charge in [-0.3, -0.25) is 9.89 Å². The molecule has 7 nitrogen and oxygen atoms in total. The molecule has 7 heteroatoms. The van der Waals surface area contributed by atoms with Gasteiger partial charge in [-0.1, -0.05) is 12.1 Å².